The molecule has 1 heterocycles. The Labute approximate surface area is 103 Å². The van der Waals surface area contributed by atoms with Crippen LogP contribution in [0.5, 0.6) is 0 Å². The maximum atomic E-state index is 11.0. The Bertz CT molecular complexity index is 631. The van der Waals surface area contributed by atoms with Gasteiger partial charge in [0.2, 0.25) is 0 Å². The number of nitro groups is 1. The molecule has 0 amide bonds. The highest BCUT2D eigenvalue weighted by Crippen LogP contribution is 2.28. The van der Waals surface area contributed by atoms with Gasteiger partial charge >= 0.3 is 0 Å². The molecule has 0 bridgehead atoms. The number of rotatable bonds is 3. The van der Waals surface area contributed by atoms with Crippen LogP contribution in [0, 0.1) is 17.0 Å². The Balaban J connectivity index is 2.65. The largest absolute Gasteiger partial charge is 0.298 e. The Kier molecular flexibility index (Phi) is 2.93. The van der Waals surface area contributed by atoms with Gasteiger partial charge in [-0.1, -0.05) is 6.07 Å². The minimum atomic E-state index is -0.466. The number of carbonyl (C=O) groups is 1. The van der Waals surface area contributed by atoms with Crippen LogP contribution < -0.4 is 0 Å². The number of non-ortho nitro benzene ring substituents is 1. The zero-order chi connectivity index (χ0) is 13.3. The van der Waals surface area contributed by atoms with Crippen molar-refractivity contribution in [2.24, 2.45) is 7.05 Å². The highest BCUT2D eigenvalue weighted by Gasteiger charge is 2.15. The van der Waals surface area contributed by atoms with E-state index in [2.05, 4.69) is 5.10 Å². The van der Waals surface area contributed by atoms with Crippen LogP contribution in [0.2, 0.25) is 0 Å². The molecule has 0 unspecified atom stereocenters. The molecule has 0 spiro atoms. The van der Waals surface area contributed by atoms with Crippen molar-refractivity contribution in [3.05, 3.63) is 45.6 Å². The van der Waals surface area contributed by atoms with E-state index in [1.54, 1.807) is 19.3 Å². The van der Waals surface area contributed by atoms with Crippen LogP contribution in [-0.4, -0.2) is 21.0 Å². The third kappa shape index (κ3) is 2.00. The van der Waals surface area contributed by atoms with Crippen molar-refractivity contribution in [3.63, 3.8) is 0 Å². The molecule has 92 valence electrons. The van der Waals surface area contributed by atoms with Crippen LogP contribution >= 0.6 is 0 Å². The standard InChI is InChI=1S/C12H11N3O3/c1-8-3-4-10(15(17)18)5-11(8)12-9(7-16)6-14(2)13-12/h3-7H,1-2H3. The summed E-state index contributed by atoms with van der Waals surface area (Å²) in [6.45, 7) is 1.82. The quantitative estimate of drug-likeness (QED) is 0.471. The first-order valence-corrected chi connectivity index (χ1v) is 5.27. The van der Waals surface area contributed by atoms with Crippen molar-refractivity contribution in [2.45, 2.75) is 6.92 Å². The van der Waals surface area contributed by atoms with Gasteiger partial charge in [-0.2, -0.15) is 5.10 Å². The molecule has 6 heteroatoms. The summed E-state index contributed by atoms with van der Waals surface area (Å²) in [7, 11) is 1.70. The molecule has 2 aromatic rings. The smallest absolute Gasteiger partial charge is 0.270 e. The van der Waals surface area contributed by atoms with Gasteiger partial charge in [-0.25, -0.2) is 0 Å². The number of benzene rings is 1. The van der Waals surface area contributed by atoms with E-state index >= 15 is 0 Å². The molecule has 0 N–H and O–H groups in total. The second-order valence-corrected chi connectivity index (χ2v) is 3.98. The zero-order valence-corrected chi connectivity index (χ0v) is 9.95. The zero-order valence-electron chi connectivity index (χ0n) is 9.95. The molecule has 0 saturated carbocycles. The van der Waals surface area contributed by atoms with Gasteiger partial charge in [0.1, 0.15) is 5.69 Å². The third-order valence-electron chi connectivity index (χ3n) is 2.67. The van der Waals surface area contributed by atoms with Crippen LogP contribution in [-0.2, 0) is 7.05 Å². The summed E-state index contributed by atoms with van der Waals surface area (Å²) >= 11 is 0. The fraction of sp³-hybridized carbons (Fsp3) is 0.167. The molecule has 0 fully saturated rings. The van der Waals surface area contributed by atoms with Gasteiger partial charge in [0.25, 0.3) is 5.69 Å². The summed E-state index contributed by atoms with van der Waals surface area (Å²) in [5.74, 6) is 0. The van der Waals surface area contributed by atoms with E-state index in [1.165, 1.54) is 16.8 Å². The molecule has 2 rings (SSSR count). The van der Waals surface area contributed by atoms with Crippen molar-refractivity contribution in [1.29, 1.82) is 0 Å². The monoisotopic (exact) mass is 245 g/mol. The van der Waals surface area contributed by atoms with Crippen molar-refractivity contribution < 1.29 is 9.72 Å². The van der Waals surface area contributed by atoms with Gasteiger partial charge in [-0.05, 0) is 12.5 Å². The lowest BCUT2D eigenvalue weighted by Crippen LogP contribution is -1.93. The van der Waals surface area contributed by atoms with Gasteiger partial charge in [-0.15, -0.1) is 0 Å². The van der Waals surface area contributed by atoms with Crippen molar-refractivity contribution in [3.8, 4) is 11.3 Å². The summed E-state index contributed by atoms with van der Waals surface area (Å²) in [4.78, 5) is 21.3. The van der Waals surface area contributed by atoms with Crippen LogP contribution in [0.25, 0.3) is 11.3 Å². The molecule has 1 aromatic carbocycles. The van der Waals surface area contributed by atoms with Gasteiger partial charge in [0, 0.05) is 30.9 Å². The molecular formula is C12H11N3O3. The maximum Gasteiger partial charge on any atom is 0.270 e. The SMILES string of the molecule is Cc1ccc([N+](=O)[O-])cc1-c1nn(C)cc1C=O. The lowest BCUT2D eigenvalue weighted by atomic mass is 10.0. The van der Waals surface area contributed by atoms with Gasteiger partial charge in [-0.3, -0.25) is 19.6 Å². The van der Waals surface area contributed by atoms with Crippen molar-refractivity contribution >= 4 is 12.0 Å². The Morgan fingerprint density at radius 1 is 1.44 bits per heavy atom. The van der Waals surface area contributed by atoms with E-state index in [0.29, 0.717) is 23.1 Å². The van der Waals surface area contributed by atoms with E-state index < -0.39 is 4.92 Å². The molecule has 6 nitrogen and oxygen atoms in total. The third-order valence-corrected chi connectivity index (χ3v) is 2.67. The number of aromatic nitrogens is 2. The molecular weight excluding hydrogens is 234 g/mol. The van der Waals surface area contributed by atoms with Crippen LogP contribution in [0.3, 0.4) is 0 Å². The second-order valence-electron chi connectivity index (χ2n) is 3.98. The van der Waals surface area contributed by atoms with Crippen LogP contribution in [0.1, 0.15) is 15.9 Å². The van der Waals surface area contributed by atoms with E-state index in [1.807, 2.05) is 6.92 Å². The number of hydrogen-bond acceptors (Lipinski definition) is 4. The van der Waals surface area contributed by atoms with E-state index in [9.17, 15) is 14.9 Å². The second kappa shape index (κ2) is 4.40. The summed E-state index contributed by atoms with van der Waals surface area (Å²) in [6, 6.07) is 4.52. The molecule has 0 saturated heterocycles. The molecule has 0 radical (unpaired) electrons. The number of aryl methyl sites for hydroxylation is 2. The van der Waals surface area contributed by atoms with Gasteiger partial charge in [0.05, 0.1) is 10.5 Å². The lowest BCUT2D eigenvalue weighted by Gasteiger charge is -2.03. The van der Waals surface area contributed by atoms with Crippen molar-refractivity contribution in [2.75, 3.05) is 0 Å². The molecule has 0 aliphatic carbocycles. The average molecular weight is 245 g/mol. The van der Waals surface area contributed by atoms with Crippen molar-refractivity contribution in [1.82, 2.24) is 9.78 Å². The predicted octanol–water partition coefficient (Wildman–Crippen LogP) is 2.12. The minimum absolute atomic E-state index is 0.0156. The van der Waals surface area contributed by atoms with Crippen LogP contribution in [0.4, 0.5) is 5.69 Å². The molecule has 0 aliphatic heterocycles. The summed E-state index contributed by atoms with van der Waals surface area (Å²) in [5.41, 5.74) is 2.31. The fourth-order valence-electron chi connectivity index (χ4n) is 1.78. The summed E-state index contributed by atoms with van der Waals surface area (Å²) < 4.78 is 1.51. The van der Waals surface area contributed by atoms with E-state index in [0.717, 1.165) is 5.56 Å². The summed E-state index contributed by atoms with van der Waals surface area (Å²) in [6.07, 6.45) is 2.28. The normalized spacial score (nSPS) is 10.3. The number of nitrogens with zero attached hydrogens (tertiary/aromatic N) is 3. The lowest BCUT2D eigenvalue weighted by molar-refractivity contribution is -0.384. The van der Waals surface area contributed by atoms with Crippen LogP contribution in [0.15, 0.2) is 24.4 Å². The number of nitro benzene ring substituents is 1. The minimum Gasteiger partial charge on any atom is -0.298 e. The van der Waals surface area contributed by atoms with Gasteiger partial charge in [0.15, 0.2) is 6.29 Å². The Morgan fingerprint density at radius 3 is 2.78 bits per heavy atom. The van der Waals surface area contributed by atoms with Gasteiger partial charge < -0.3 is 0 Å². The Morgan fingerprint density at radius 2 is 2.17 bits per heavy atom. The number of aldehydes is 1. The van der Waals surface area contributed by atoms with E-state index in [4.69, 9.17) is 0 Å². The number of carbonyl (C=O) groups excluding carboxylic acids is 1. The molecule has 18 heavy (non-hydrogen) atoms. The molecule has 0 aliphatic rings. The highest BCUT2D eigenvalue weighted by atomic mass is 16.6. The molecule has 0 atom stereocenters. The maximum absolute atomic E-state index is 11.0. The predicted molar refractivity (Wildman–Crippen MR) is 65.4 cm³/mol. The highest BCUT2D eigenvalue weighted by molar-refractivity contribution is 5.86. The fourth-order valence-corrected chi connectivity index (χ4v) is 1.78. The molecule has 1 aromatic heterocycles. The topological polar surface area (TPSA) is 78.0 Å². The van der Waals surface area contributed by atoms with E-state index in [-0.39, 0.29) is 5.69 Å². The Hall–Kier alpha value is -2.50. The number of hydrogen-bond donors (Lipinski definition) is 0. The summed E-state index contributed by atoms with van der Waals surface area (Å²) in [5, 5.41) is 14.9. The first kappa shape index (κ1) is 12.0. The first-order chi connectivity index (χ1) is 8.52. The average Bonchev–Trinajstić information content (AvgIpc) is 2.70. The first-order valence-electron chi connectivity index (χ1n) is 5.27.